The Bertz CT molecular complexity index is 1100. The van der Waals surface area contributed by atoms with Crippen LogP contribution in [0.2, 0.25) is 5.02 Å². The van der Waals surface area contributed by atoms with E-state index >= 15 is 0 Å². The van der Waals surface area contributed by atoms with Gasteiger partial charge in [0.25, 0.3) is 10.0 Å². The highest BCUT2D eigenvalue weighted by molar-refractivity contribution is 7.93. The molecule has 138 valence electrons. The van der Waals surface area contributed by atoms with Gasteiger partial charge in [0, 0.05) is 26.0 Å². The lowest BCUT2D eigenvalue weighted by Gasteiger charge is -2.11. The first-order chi connectivity index (χ1) is 12.1. The van der Waals surface area contributed by atoms with E-state index in [1.807, 2.05) is 34.6 Å². The van der Waals surface area contributed by atoms with Gasteiger partial charge in [0.15, 0.2) is 0 Å². The van der Waals surface area contributed by atoms with E-state index < -0.39 is 10.0 Å². The minimum absolute atomic E-state index is 0.270. The summed E-state index contributed by atoms with van der Waals surface area (Å²) in [5, 5.41) is 7.79. The summed E-state index contributed by atoms with van der Waals surface area (Å²) in [6, 6.07) is 5.11. The second kappa shape index (κ2) is 6.72. The molecule has 2 N–H and O–H groups in total. The maximum absolute atomic E-state index is 13.2. The number of thiophene rings is 1. The second-order valence-electron chi connectivity index (χ2n) is 6.31. The number of nitrogens with zero attached hydrogens (tertiary/aromatic N) is 1. The highest BCUT2D eigenvalue weighted by Gasteiger charge is 2.28. The Morgan fingerprint density at radius 3 is 2.38 bits per heavy atom. The summed E-state index contributed by atoms with van der Waals surface area (Å²) in [7, 11) is -3.79. The summed E-state index contributed by atoms with van der Waals surface area (Å²) in [6.07, 6.45) is 0. The molecule has 0 radical (unpaired) electrons. The smallest absolute Gasteiger partial charge is 0.263 e. The summed E-state index contributed by atoms with van der Waals surface area (Å²) in [5.74, 6) is 0. The van der Waals surface area contributed by atoms with Crippen LogP contribution in [-0.2, 0) is 10.0 Å². The Kier molecular flexibility index (Phi) is 4.90. The molecule has 0 atom stereocenters. The largest absolute Gasteiger partial charge is 0.282 e. The van der Waals surface area contributed by atoms with Crippen molar-refractivity contribution in [2.24, 2.45) is 0 Å². The molecule has 0 saturated carbocycles. The van der Waals surface area contributed by atoms with E-state index in [-0.39, 0.29) is 4.90 Å². The van der Waals surface area contributed by atoms with Crippen molar-refractivity contribution in [2.75, 3.05) is 4.72 Å². The molecule has 1 aromatic carbocycles. The number of hydrogen-bond acceptors (Lipinski definition) is 4. The maximum atomic E-state index is 13.2. The fourth-order valence-corrected chi connectivity index (χ4v) is 5.94. The number of aromatic nitrogens is 2. The van der Waals surface area contributed by atoms with Gasteiger partial charge in [-0.25, -0.2) is 8.42 Å². The summed E-state index contributed by atoms with van der Waals surface area (Å²) in [5.41, 5.74) is 4.52. The van der Waals surface area contributed by atoms with Crippen molar-refractivity contribution < 1.29 is 8.42 Å². The summed E-state index contributed by atoms with van der Waals surface area (Å²) < 4.78 is 29.0. The number of aryl methyl sites for hydroxylation is 4. The molecule has 2 heterocycles. The first-order valence-corrected chi connectivity index (χ1v) is 10.7. The zero-order valence-electron chi connectivity index (χ0n) is 15.2. The molecule has 0 fully saturated rings. The average Bonchev–Trinajstić information content (AvgIpc) is 3.02. The minimum atomic E-state index is -3.79. The van der Waals surface area contributed by atoms with Gasteiger partial charge >= 0.3 is 0 Å². The first kappa shape index (κ1) is 18.9. The van der Waals surface area contributed by atoms with Gasteiger partial charge in [-0.05, 0) is 57.9 Å². The number of rotatable bonds is 4. The van der Waals surface area contributed by atoms with Crippen LogP contribution in [0.3, 0.4) is 0 Å². The molecule has 2 aromatic heterocycles. The zero-order chi connectivity index (χ0) is 19.2. The lowest BCUT2D eigenvalue weighted by atomic mass is 10.1. The average molecular weight is 410 g/mol. The standard InChI is InChI=1S/C18H20ClN3O2S2/c1-9-6-7-14(8-15(9)19)22-26(23,24)18-13(5)25-12(4)16(18)17-10(2)11(3)20-21-17/h6-8,22H,1-5H3,(H,20,21). The van der Waals surface area contributed by atoms with E-state index in [0.29, 0.717) is 22.0 Å². The Morgan fingerprint density at radius 1 is 1.12 bits per heavy atom. The van der Waals surface area contributed by atoms with Gasteiger partial charge in [-0.1, -0.05) is 17.7 Å². The fraction of sp³-hybridized carbons (Fsp3) is 0.278. The molecule has 5 nitrogen and oxygen atoms in total. The van der Waals surface area contributed by atoms with E-state index in [1.165, 1.54) is 11.3 Å². The molecule has 0 aliphatic heterocycles. The topological polar surface area (TPSA) is 74.8 Å². The molecule has 0 aliphatic carbocycles. The molecule has 0 saturated heterocycles. The number of benzene rings is 1. The summed E-state index contributed by atoms with van der Waals surface area (Å²) in [6.45, 7) is 9.45. The molecule has 3 rings (SSSR count). The number of anilines is 1. The molecule has 0 aliphatic rings. The molecule has 0 spiro atoms. The third-order valence-electron chi connectivity index (χ3n) is 4.39. The van der Waals surface area contributed by atoms with Crippen molar-refractivity contribution in [3.63, 3.8) is 0 Å². The number of halogens is 1. The van der Waals surface area contributed by atoms with Crippen LogP contribution >= 0.6 is 22.9 Å². The van der Waals surface area contributed by atoms with E-state index in [9.17, 15) is 8.42 Å². The van der Waals surface area contributed by atoms with E-state index in [4.69, 9.17) is 11.6 Å². The van der Waals surface area contributed by atoms with Crippen LogP contribution in [0, 0.1) is 34.6 Å². The SMILES string of the molecule is Cc1ccc(NS(=O)(=O)c2c(C)sc(C)c2-c2n[nH]c(C)c2C)cc1Cl. The molecule has 0 bridgehead atoms. The van der Waals surface area contributed by atoms with Gasteiger partial charge < -0.3 is 0 Å². The van der Waals surface area contributed by atoms with E-state index in [1.54, 1.807) is 18.2 Å². The van der Waals surface area contributed by atoms with Gasteiger partial charge in [0.2, 0.25) is 0 Å². The summed E-state index contributed by atoms with van der Waals surface area (Å²) >= 11 is 7.58. The molecule has 26 heavy (non-hydrogen) atoms. The van der Waals surface area contributed by atoms with Gasteiger partial charge in [0.05, 0.1) is 11.4 Å². The van der Waals surface area contributed by atoms with Crippen LogP contribution in [-0.4, -0.2) is 18.6 Å². The number of nitrogens with one attached hydrogen (secondary N) is 2. The molecule has 8 heteroatoms. The number of aromatic amines is 1. The van der Waals surface area contributed by atoms with Crippen LogP contribution < -0.4 is 4.72 Å². The highest BCUT2D eigenvalue weighted by Crippen LogP contribution is 2.40. The van der Waals surface area contributed by atoms with Crippen LogP contribution in [0.4, 0.5) is 5.69 Å². The Morgan fingerprint density at radius 2 is 1.81 bits per heavy atom. The third kappa shape index (κ3) is 3.26. The van der Waals surface area contributed by atoms with Crippen molar-refractivity contribution in [3.8, 4) is 11.3 Å². The zero-order valence-corrected chi connectivity index (χ0v) is 17.6. The predicted molar refractivity (Wildman–Crippen MR) is 108 cm³/mol. The first-order valence-electron chi connectivity index (χ1n) is 8.02. The van der Waals surface area contributed by atoms with Crippen LogP contribution in [0.1, 0.15) is 26.6 Å². The van der Waals surface area contributed by atoms with Crippen molar-refractivity contribution in [3.05, 3.63) is 49.8 Å². The third-order valence-corrected chi connectivity index (χ3v) is 7.50. The summed E-state index contributed by atoms with van der Waals surface area (Å²) in [4.78, 5) is 1.91. The van der Waals surface area contributed by atoms with Crippen molar-refractivity contribution in [1.82, 2.24) is 10.2 Å². The lowest BCUT2D eigenvalue weighted by molar-refractivity contribution is 0.601. The highest BCUT2D eigenvalue weighted by atomic mass is 35.5. The number of hydrogen-bond donors (Lipinski definition) is 2. The van der Waals surface area contributed by atoms with Gasteiger partial charge in [0.1, 0.15) is 4.90 Å². The number of H-pyrrole nitrogens is 1. The van der Waals surface area contributed by atoms with Crippen LogP contribution in [0.25, 0.3) is 11.3 Å². The van der Waals surface area contributed by atoms with Crippen LogP contribution in [0.15, 0.2) is 23.1 Å². The van der Waals surface area contributed by atoms with Crippen LogP contribution in [0.5, 0.6) is 0 Å². The van der Waals surface area contributed by atoms with Gasteiger partial charge in [-0.3, -0.25) is 9.82 Å². The maximum Gasteiger partial charge on any atom is 0.263 e. The van der Waals surface area contributed by atoms with Gasteiger partial charge in [-0.15, -0.1) is 11.3 Å². The minimum Gasteiger partial charge on any atom is -0.282 e. The van der Waals surface area contributed by atoms with E-state index in [0.717, 1.165) is 26.6 Å². The predicted octanol–water partition coefficient (Wildman–Crippen LogP) is 5.13. The fourth-order valence-electron chi connectivity index (χ4n) is 2.85. The Hall–Kier alpha value is -1.83. The normalized spacial score (nSPS) is 11.8. The quantitative estimate of drug-likeness (QED) is 0.626. The number of sulfonamides is 1. The lowest BCUT2D eigenvalue weighted by Crippen LogP contribution is -2.14. The Balaban J connectivity index is 2.13. The monoisotopic (exact) mass is 409 g/mol. The molecular weight excluding hydrogens is 390 g/mol. The van der Waals surface area contributed by atoms with Crippen molar-refractivity contribution in [1.29, 1.82) is 0 Å². The molecule has 3 aromatic rings. The molecule has 0 amide bonds. The van der Waals surface area contributed by atoms with Crippen molar-refractivity contribution >= 4 is 38.6 Å². The van der Waals surface area contributed by atoms with Crippen molar-refractivity contribution in [2.45, 2.75) is 39.5 Å². The molecule has 0 unspecified atom stereocenters. The Labute approximate surface area is 162 Å². The molecular formula is C18H20ClN3O2S2. The second-order valence-corrected chi connectivity index (χ2v) is 9.77. The van der Waals surface area contributed by atoms with Gasteiger partial charge in [-0.2, -0.15) is 5.10 Å². The van der Waals surface area contributed by atoms with E-state index in [2.05, 4.69) is 14.9 Å².